The molecule has 0 radical (unpaired) electrons. The molecule has 0 saturated heterocycles. The fraction of sp³-hybridized carbons (Fsp3) is 0.263. The molecule has 0 spiro atoms. The molecule has 1 amide bonds. The lowest BCUT2D eigenvalue weighted by atomic mass is 10.2. The third-order valence-electron chi connectivity index (χ3n) is 3.94. The maximum Gasteiger partial charge on any atom is 0.341 e. The zero-order valence-corrected chi connectivity index (χ0v) is 17.5. The minimum Gasteiger partial charge on any atom is -0.493 e. The second kappa shape index (κ2) is 10.1. The summed E-state index contributed by atoms with van der Waals surface area (Å²) in [4.78, 5) is 23.5. The first-order valence-electron chi connectivity index (χ1n) is 8.53. The zero-order chi connectivity index (χ0) is 23.2. The second-order valence-corrected chi connectivity index (χ2v) is 7.79. The normalized spacial score (nSPS) is 11.0. The molecule has 0 aliphatic rings. The van der Waals surface area contributed by atoms with E-state index < -0.39 is 39.0 Å². The fourth-order valence-electron chi connectivity index (χ4n) is 2.45. The Morgan fingerprint density at radius 1 is 0.968 bits per heavy atom. The Bertz CT molecular complexity index is 1030. The van der Waals surface area contributed by atoms with E-state index in [9.17, 15) is 26.8 Å². The van der Waals surface area contributed by atoms with Gasteiger partial charge in [0.05, 0.1) is 31.8 Å². The van der Waals surface area contributed by atoms with Crippen LogP contribution in [0.4, 0.5) is 14.5 Å². The first-order chi connectivity index (χ1) is 14.6. The van der Waals surface area contributed by atoms with Crippen molar-refractivity contribution in [1.82, 2.24) is 0 Å². The van der Waals surface area contributed by atoms with Crippen LogP contribution in [0.3, 0.4) is 0 Å². The number of esters is 1. The average Bonchev–Trinajstić information content (AvgIpc) is 2.76. The average molecular weight is 459 g/mol. The second-order valence-electron chi connectivity index (χ2n) is 5.87. The molecule has 2 aromatic rings. The number of amides is 1. The molecule has 0 aliphatic carbocycles. The quantitative estimate of drug-likeness (QED) is 0.569. The molecule has 0 unspecified atom stereocenters. The molecular formula is C19H19F2NO8S. The highest BCUT2D eigenvalue weighted by atomic mass is 32.2. The van der Waals surface area contributed by atoms with Gasteiger partial charge >= 0.3 is 11.7 Å². The van der Waals surface area contributed by atoms with Gasteiger partial charge in [-0.15, -0.1) is 0 Å². The van der Waals surface area contributed by atoms with E-state index in [1.807, 2.05) is 0 Å². The summed E-state index contributed by atoms with van der Waals surface area (Å²) in [6, 6.07) is 6.68. The molecule has 12 heteroatoms. The zero-order valence-electron chi connectivity index (χ0n) is 16.7. The highest BCUT2D eigenvalue weighted by molar-refractivity contribution is 7.91. The van der Waals surface area contributed by atoms with Gasteiger partial charge in [-0.2, -0.15) is 8.78 Å². The maximum absolute atomic E-state index is 12.5. The predicted octanol–water partition coefficient (Wildman–Crippen LogP) is 2.50. The van der Waals surface area contributed by atoms with Gasteiger partial charge < -0.3 is 24.3 Å². The van der Waals surface area contributed by atoms with Crippen molar-refractivity contribution in [2.45, 2.75) is 10.7 Å². The third kappa shape index (κ3) is 5.60. The molecule has 2 aromatic carbocycles. The van der Waals surface area contributed by atoms with Crippen molar-refractivity contribution in [2.75, 3.05) is 33.3 Å². The number of rotatable bonds is 9. The number of nitrogens with one attached hydrogen (secondary N) is 1. The van der Waals surface area contributed by atoms with Crippen LogP contribution in [-0.2, 0) is 19.4 Å². The monoisotopic (exact) mass is 459 g/mol. The number of anilines is 1. The summed E-state index contributed by atoms with van der Waals surface area (Å²) in [6.07, 6.45) is 0. The van der Waals surface area contributed by atoms with E-state index in [0.29, 0.717) is 17.2 Å². The van der Waals surface area contributed by atoms with Gasteiger partial charge in [-0.1, -0.05) is 0 Å². The Hall–Kier alpha value is -3.41. The summed E-state index contributed by atoms with van der Waals surface area (Å²) in [7, 11) is -0.541. The molecule has 0 heterocycles. The van der Waals surface area contributed by atoms with E-state index in [1.165, 1.54) is 33.5 Å². The van der Waals surface area contributed by atoms with E-state index in [1.54, 1.807) is 0 Å². The van der Waals surface area contributed by atoms with Gasteiger partial charge in [-0.05, 0) is 24.3 Å². The van der Waals surface area contributed by atoms with Crippen molar-refractivity contribution in [3.05, 3.63) is 42.0 Å². The van der Waals surface area contributed by atoms with Crippen LogP contribution in [0.1, 0.15) is 10.4 Å². The van der Waals surface area contributed by atoms with E-state index in [-0.39, 0.29) is 11.3 Å². The molecule has 0 aromatic heterocycles. The molecule has 1 N–H and O–H groups in total. The van der Waals surface area contributed by atoms with Crippen LogP contribution in [0.5, 0.6) is 17.2 Å². The summed E-state index contributed by atoms with van der Waals surface area (Å²) in [6.45, 7) is -0.660. The van der Waals surface area contributed by atoms with Gasteiger partial charge in [0, 0.05) is 17.8 Å². The molecule has 0 bridgehead atoms. The van der Waals surface area contributed by atoms with Crippen molar-refractivity contribution in [1.29, 1.82) is 0 Å². The number of alkyl halides is 2. The largest absolute Gasteiger partial charge is 0.493 e. The first kappa shape index (κ1) is 23.9. The van der Waals surface area contributed by atoms with E-state index in [4.69, 9.17) is 18.9 Å². The van der Waals surface area contributed by atoms with E-state index >= 15 is 0 Å². The summed E-state index contributed by atoms with van der Waals surface area (Å²) in [5, 5.41) is 2.50. The van der Waals surface area contributed by atoms with E-state index in [0.717, 1.165) is 24.3 Å². The highest BCUT2D eigenvalue weighted by Gasteiger charge is 2.26. The van der Waals surface area contributed by atoms with Crippen LogP contribution in [0, 0.1) is 0 Å². The Morgan fingerprint density at radius 2 is 1.52 bits per heavy atom. The Labute approximate surface area is 176 Å². The van der Waals surface area contributed by atoms with Gasteiger partial charge in [-0.25, -0.2) is 13.2 Å². The lowest BCUT2D eigenvalue weighted by Gasteiger charge is -2.14. The number of carbonyl (C=O) groups is 2. The van der Waals surface area contributed by atoms with Crippen LogP contribution in [0.15, 0.2) is 41.3 Å². The number of hydrogen-bond donors (Lipinski definition) is 1. The Balaban J connectivity index is 2.02. The lowest BCUT2D eigenvalue weighted by Crippen LogP contribution is -2.21. The maximum atomic E-state index is 12.5. The topological polar surface area (TPSA) is 117 Å². The van der Waals surface area contributed by atoms with Gasteiger partial charge in [0.25, 0.3) is 5.91 Å². The lowest BCUT2D eigenvalue weighted by molar-refractivity contribution is -0.119. The van der Waals surface area contributed by atoms with E-state index in [2.05, 4.69) is 5.32 Å². The summed E-state index contributed by atoms with van der Waals surface area (Å²) in [5.41, 5.74) is 0.172. The first-order valence-corrected chi connectivity index (χ1v) is 10.1. The molecule has 0 atom stereocenters. The molecule has 0 aliphatic heterocycles. The molecule has 2 rings (SSSR count). The van der Waals surface area contributed by atoms with Crippen LogP contribution in [0.25, 0.3) is 0 Å². The van der Waals surface area contributed by atoms with Gasteiger partial charge in [0.15, 0.2) is 18.1 Å². The van der Waals surface area contributed by atoms with Crippen LogP contribution < -0.4 is 19.5 Å². The van der Waals surface area contributed by atoms with Crippen molar-refractivity contribution in [3.63, 3.8) is 0 Å². The summed E-state index contributed by atoms with van der Waals surface area (Å²) in [5.74, 6) is -4.28. The molecule has 0 fully saturated rings. The predicted molar refractivity (Wildman–Crippen MR) is 105 cm³/mol. The standard InChI is InChI=1S/C19H19F2NO8S/c1-27-14-8-12(9-15(28-2)17(14)29-3)22-16(23)10-30-18(24)11-4-6-13(7-5-11)31(25,26)19(20)21/h4-9,19H,10H2,1-3H3,(H,22,23). The minimum atomic E-state index is -4.78. The SMILES string of the molecule is COc1cc(NC(=O)COC(=O)c2ccc(S(=O)(=O)C(F)F)cc2)cc(OC)c1OC. The highest BCUT2D eigenvalue weighted by Crippen LogP contribution is 2.39. The van der Waals surface area contributed by atoms with Crippen molar-refractivity contribution in [2.24, 2.45) is 0 Å². The van der Waals surface area contributed by atoms with Gasteiger partial charge in [0.2, 0.25) is 15.6 Å². The summed E-state index contributed by atoms with van der Waals surface area (Å²) >= 11 is 0. The molecule has 9 nitrogen and oxygen atoms in total. The number of sulfone groups is 1. The van der Waals surface area contributed by atoms with Crippen molar-refractivity contribution in [3.8, 4) is 17.2 Å². The van der Waals surface area contributed by atoms with Crippen LogP contribution in [-0.4, -0.2) is 54.0 Å². The number of benzene rings is 2. The van der Waals surface area contributed by atoms with Crippen LogP contribution in [0.2, 0.25) is 0 Å². The number of carbonyl (C=O) groups excluding carboxylic acids is 2. The number of halogens is 2. The van der Waals surface area contributed by atoms with Gasteiger partial charge in [0.1, 0.15) is 0 Å². The fourth-order valence-corrected chi connectivity index (χ4v) is 3.17. The van der Waals surface area contributed by atoms with Crippen molar-refractivity contribution < 1.29 is 45.7 Å². The number of methoxy groups -OCH3 is 3. The summed E-state index contributed by atoms with van der Waals surface area (Å²) < 4.78 is 68.2. The number of hydrogen-bond acceptors (Lipinski definition) is 8. The molecule has 168 valence electrons. The van der Waals surface area contributed by atoms with Crippen LogP contribution >= 0.6 is 0 Å². The minimum absolute atomic E-state index is 0.117. The smallest absolute Gasteiger partial charge is 0.341 e. The third-order valence-corrected chi connectivity index (χ3v) is 5.33. The molecule has 0 saturated carbocycles. The van der Waals surface area contributed by atoms with Crippen molar-refractivity contribution >= 4 is 27.4 Å². The Kier molecular flexibility index (Phi) is 7.75. The molecular weight excluding hydrogens is 440 g/mol. The van der Waals surface area contributed by atoms with Gasteiger partial charge in [-0.3, -0.25) is 4.79 Å². The molecule has 31 heavy (non-hydrogen) atoms. The Morgan fingerprint density at radius 3 is 1.97 bits per heavy atom. The number of ether oxygens (including phenoxy) is 4.